The zero-order valence-electron chi connectivity index (χ0n) is 14.6. The average Bonchev–Trinajstić information content (AvgIpc) is 2.90. The fourth-order valence-corrected chi connectivity index (χ4v) is 3.38. The van der Waals surface area contributed by atoms with Crippen molar-refractivity contribution in [1.29, 1.82) is 0 Å². The third kappa shape index (κ3) is 3.51. The van der Waals surface area contributed by atoms with E-state index in [2.05, 4.69) is 30.4 Å². The summed E-state index contributed by atoms with van der Waals surface area (Å²) < 4.78 is 2.14. The minimum atomic E-state index is -0.219. The molecule has 2 amide bonds. The van der Waals surface area contributed by atoms with Gasteiger partial charge in [0.15, 0.2) is 5.82 Å². The lowest BCUT2D eigenvalue weighted by molar-refractivity contribution is 0.239. The van der Waals surface area contributed by atoms with Crippen LogP contribution in [0.4, 0.5) is 4.79 Å². The van der Waals surface area contributed by atoms with Crippen molar-refractivity contribution in [2.75, 3.05) is 0 Å². The van der Waals surface area contributed by atoms with Crippen molar-refractivity contribution in [3.8, 4) is 0 Å². The highest BCUT2D eigenvalue weighted by Gasteiger charge is 2.15. The van der Waals surface area contributed by atoms with Crippen molar-refractivity contribution in [1.82, 2.24) is 30.4 Å². The number of carbonyl (C=O) groups excluding carboxylic acids is 1. The molecule has 0 fully saturated rings. The van der Waals surface area contributed by atoms with E-state index in [1.165, 1.54) is 6.42 Å². The Labute approximate surface area is 151 Å². The maximum absolute atomic E-state index is 12.2. The summed E-state index contributed by atoms with van der Waals surface area (Å²) in [5.74, 6) is 1.85. The molecule has 2 N–H and O–H groups in total. The van der Waals surface area contributed by atoms with E-state index >= 15 is 0 Å². The number of para-hydroxylation sites is 1. The van der Waals surface area contributed by atoms with Crippen molar-refractivity contribution in [2.45, 2.75) is 45.3 Å². The molecular formula is C19H22N6O. The SMILES string of the molecule is O=C(NCc1cccc2cccnc12)NCc1nnc2n1CCCCC2. The number of rotatable bonds is 4. The highest BCUT2D eigenvalue weighted by molar-refractivity contribution is 5.82. The monoisotopic (exact) mass is 350 g/mol. The third-order valence-electron chi connectivity index (χ3n) is 4.75. The Kier molecular flexibility index (Phi) is 4.77. The van der Waals surface area contributed by atoms with Crippen LogP contribution >= 0.6 is 0 Å². The summed E-state index contributed by atoms with van der Waals surface area (Å²) in [5, 5.41) is 15.3. The molecule has 3 heterocycles. The number of carbonyl (C=O) groups is 1. The summed E-state index contributed by atoms with van der Waals surface area (Å²) >= 11 is 0. The van der Waals surface area contributed by atoms with Crippen molar-refractivity contribution < 1.29 is 4.79 Å². The van der Waals surface area contributed by atoms with Gasteiger partial charge in [-0.25, -0.2) is 4.79 Å². The van der Waals surface area contributed by atoms with Gasteiger partial charge >= 0.3 is 6.03 Å². The molecule has 0 saturated carbocycles. The maximum Gasteiger partial charge on any atom is 0.315 e. The van der Waals surface area contributed by atoms with Crippen molar-refractivity contribution in [3.63, 3.8) is 0 Å². The third-order valence-corrected chi connectivity index (χ3v) is 4.75. The van der Waals surface area contributed by atoms with E-state index in [9.17, 15) is 4.79 Å². The lowest BCUT2D eigenvalue weighted by Gasteiger charge is -2.10. The molecule has 1 aliphatic heterocycles. The van der Waals surface area contributed by atoms with Gasteiger partial charge in [-0.1, -0.05) is 30.7 Å². The van der Waals surface area contributed by atoms with Crippen LogP contribution in [0.2, 0.25) is 0 Å². The van der Waals surface area contributed by atoms with Gasteiger partial charge in [-0.05, 0) is 24.5 Å². The van der Waals surface area contributed by atoms with Gasteiger partial charge in [-0.3, -0.25) is 4.98 Å². The van der Waals surface area contributed by atoms with Crippen LogP contribution in [0.25, 0.3) is 10.9 Å². The predicted molar refractivity (Wildman–Crippen MR) is 98.4 cm³/mol. The molecule has 3 aromatic rings. The van der Waals surface area contributed by atoms with E-state index in [-0.39, 0.29) is 6.03 Å². The zero-order chi connectivity index (χ0) is 17.8. The highest BCUT2D eigenvalue weighted by atomic mass is 16.2. The van der Waals surface area contributed by atoms with E-state index in [4.69, 9.17) is 0 Å². The van der Waals surface area contributed by atoms with Crippen LogP contribution in [-0.2, 0) is 26.1 Å². The van der Waals surface area contributed by atoms with Crippen molar-refractivity contribution in [3.05, 3.63) is 53.7 Å². The molecule has 0 aliphatic carbocycles. The molecule has 1 aliphatic rings. The normalized spacial score (nSPS) is 13.8. The number of hydrogen-bond donors (Lipinski definition) is 2. The molecule has 0 atom stereocenters. The molecular weight excluding hydrogens is 328 g/mol. The number of nitrogens with zero attached hydrogens (tertiary/aromatic N) is 4. The lowest BCUT2D eigenvalue weighted by atomic mass is 10.1. The van der Waals surface area contributed by atoms with Crippen LogP contribution in [0, 0.1) is 0 Å². The number of fused-ring (bicyclic) bond motifs is 2. The first-order valence-corrected chi connectivity index (χ1v) is 9.06. The fourth-order valence-electron chi connectivity index (χ4n) is 3.38. The van der Waals surface area contributed by atoms with Crippen LogP contribution in [0.5, 0.6) is 0 Å². The number of pyridine rings is 1. The summed E-state index contributed by atoms with van der Waals surface area (Å²) in [6.45, 7) is 1.74. The lowest BCUT2D eigenvalue weighted by Crippen LogP contribution is -2.35. The summed E-state index contributed by atoms with van der Waals surface area (Å²) in [6.07, 6.45) is 6.25. The fraction of sp³-hybridized carbons (Fsp3) is 0.368. The standard InChI is InChI=1S/C19H22N6O/c26-19(21-12-15-7-4-6-14-8-5-10-20-18(14)15)22-13-17-24-23-16-9-2-1-3-11-25(16)17/h4-8,10H,1-3,9,11-13H2,(H2,21,22,26). The molecule has 7 nitrogen and oxygen atoms in total. The Bertz CT molecular complexity index is 914. The van der Waals surface area contributed by atoms with Gasteiger partial charge in [0.1, 0.15) is 5.82 Å². The number of hydrogen-bond acceptors (Lipinski definition) is 4. The molecule has 0 saturated heterocycles. The van der Waals surface area contributed by atoms with Gasteiger partial charge in [0.05, 0.1) is 12.1 Å². The Balaban J connectivity index is 1.35. The summed E-state index contributed by atoms with van der Waals surface area (Å²) in [4.78, 5) is 16.6. The number of amides is 2. The molecule has 0 bridgehead atoms. The van der Waals surface area contributed by atoms with Gasteiger partial charge in [-0.2, -0.15) is 0 Å². The van der Waals surface area contributed by atoms with Gasteiger partial charge in [0.2, 0.25) is 0 Å². The molecule has 0 radical (unpaired) electrons. The highest BCUT2D eigenvalue weighted by Crippen LogP contribution is 2.16. The predicted octanol–water partition coefficient (Wildman–Crippen LogP) is 2.55. The van der Waals surface area contributed by atoms with Crippen LogP contribution in [0.3, 0.4) is 0 Å². The van der Waals surface area contributed by atoms with E-state index in [0.29, 0.717) is 13.1 Å². The first-order chi connectivity index (χ1) is 12.8. The van der Waals surface area contributed by atoms with Crippen LogP contribution in [0.1, 0.15) is 36.5 Å². The Morgan fingerprint density at radius 2 is 1.92 bits per heavy atom. The first-order valence-electron chi connectivity index (χ1n) is 9.06. The van der Waals surface area contributed by atoms with Crippen molar-refractivity contribution in [2.24, 2.45) is 0 Å². The zero-order valence-corrected chi connectivity index (χ0v) is 14.6. The number of urea groups is 1. The van der Waals surface area contributed by atoms with Crippen molar-refractivity contribution >= 4 is 16.9 Å². The molecule has 0 unspecified atom stereocenters. The number of aromatic nitrogens is 4. The van der Waals surface area contributed by atoms with E-state index in [1.54, 1.807) is 6.20 Å². The molecule has 1 aromatic carbocycles. The largest absolute Gasteiger partial charge is 0.334 e. The average molecular weight is 350 g/mol. The maximum atomic E-state index is 12.2. The van der Waals surface area contributed by atoms with E-state index in [0.717, 1.165) is 53.9 Å². The molecule has 2 aromatic heterocycles. The number of benzene rings is 1. The van der Waals surface area contributed by atoms with Gasteiger partial charge in [0, 0.05) is 31.1 Å². The van der Waals surface area contributed by atoms with Gasteiger partial charge in [-0.15, -0.1) is 10.2 Å². The number of aryl methyl sites for hydroxylation is 1. The first kappa shape index (κ1) is 16.5. The smallest absolute Gasteiger partial charge is 0.315 e. The minimum absolute atomic E-state index is 0.219. The summed E-state index contributed by atoms with van der Waals surface area (Å²) in [6, 6.07) is 9.68. The van der Waals surface area contributed by atoms with Crippen LogP contribution in [0.15, 0.2) is 36.5 Å². The second kappa shape index (κ2) is 7.51. The second-order valence-corrected chi connectivity index (χ2v) is 6.52. The molecule has 7 heteroatoms. The molecule has 134 valence electrons. The Hall–Kier alpha value is -2.96. The number of nitrogens with one attached hydrogen (secondary N) is 2. The van der Waals surface area contributed by atoms with Crippen LogP contribution < -0.4 is 10.6 Å². The Morgan fingerprint density at radius 1 is 1.04 bits per heavy atom. The minimum Gasteiger partial charge on any atom is -0.334 e. The summed E-state index contributed by atoms with van der Waals surface area (Å²) in [5.41, 5.74) is 1.91. The van der Waals surface area contributed by atoms with E-state index < -0.39 is 0 Å². The quantitative estimate of drug-likeness (QED) is 0.757. The van der Waals surface area contributed by atoms with Crippen LogP contribution in [-0.4, -0.2) is 25.8 Å². The van der Waals surface area contributed by atoms with Gasteiger partial charge < -0.3 is 15.2 Å². The Morgan fingerprint density at radius 3 is 2.88 bits per heavy atom. The molecule has 26 heavy (non-hydrogen) atoms. The van der Waals surface area contributed by atoms with Gasteiger partial charge in [0.25, 0.3) is 0 Å². The summed E-state index contributed by atoms with van der Waals surface area (Å²) in [7, 11) is 0. The van der Waals surface area contributed by atoms with E-state index in [1.807, 2.05) is 30.3 Å². The topological polar surface area (TPSA) is 84.7 Å². The second-order valence-electron chi connectivity index (χ2n) is 6.52. The molecule has 4 rings (SSSR count). The molecule has 0 spiro atoms.